The fraction of sp³-hybridized carbons (Fsp3) is 0.296. The van der Waals surface area contributed by atoms with Crippen LogP contribution in [-0.2, 0) is 16.4 Å². The molecule has 0 spiro atoms. The molecule has 1 aliphatic heterocycles. The van der Waals surface area contributed by atoms with Gasteiger partial charge >= 0.3 is 0 Å². The van der Waals surface area contributed by atoms with Crippen LogP contribution in [0.25, 0.3) is 0 Å². The van der Waals surface area contributed by atoms with Crippen molar-refractivity contribution >= 4 is 33.2 Å². The van der Waals surface area contributed by atoms with Gasteiger partial charge in [0, 0.05) is 18.7 Å². The lowest BCUT2D eigenvalue weighted by Crippen LogP contribution is -2.39. The van der Waals surface area contributed by atoms with Gasteiger partial charge in [-0.15, -0.1) is 0 Å². The number of carbonyl (C=O) groups is 1. The van der Waals surface area contributed by atoms with E-state index in [0.29, 0.717) is 30.3 Å². The smallest absolute Gasteiger partial charge is 0.263 e. The quantitative estimate of drug-likeness (QED) is 0.465. The van der Waals surface area contributed by atoms with E-state index >= 15 is 0 Å². The molecule has 1 amide bonds. The summed E-state index contributed by atoms with van der Waals surface area (Å²) in [6, 6.07) is 20.3. The number of sulfonamides is 1. The molecule has 4 rings (SSSR count). The summed E-state index contributed by atoms with van der Waals surface area (Å²) >= 11 is 6.26. The molecule has 34 heavy (non-hydrogen) atoms. The Hall–Kier alpha value is -2.83. The van der Waals surface area contributed by atoms with E-state index in [1.165, 1.54) is 17.7 Å². The number of benzene rings is 3. The molecule has 0 bridgehead atoms. The van der Waals surface area contributed by atoms with E-state index in [-0.39, 0.29) is 15.8 Å². The van der Waals surface area contributed by atoms with Crippen molar-refractivity contribution in [1.29, 1.82) is 0 Å². The van der Waals surface area contributed by atoms with Crippen LogP contribution in [0.5, 0.6) is 0 Å². The number of amides is 1. The number of rotatable bonds is 6. The molecule has 3 aromatic carbocycles. The van der Waals surface area contributed by atoms with Gasteiger partial charge in [0.05, 0.1) is 10.7 Å². The first-order chi connectivity index (χ1) is 16.2. The molecule has 0 aromatic heterocycles. The first-order valence-electron chi connectivity index (χ1n) is 11.5. The van der Waals surface area contributed by atoms with Crippen LogP contribution in [0, 0.1) is 19.8 Å². The lowest BCUT2D eigenvalue weighted by Gasteiger charge is -2.32. The summed E-state index contributed by atoms with van der Waals surface area (Å²) in [6.07, 6.45) is 2.86. The normalized spacial score (nSPS) is 14.7. The second-order valence-corrected chi connectivity index (χ2v) is 11.0. The number of piperidine rings is 1. The summed E-state index contributed by atoms with van der Waals surface area (Å²) in [7, 11) is -3.97. The Labute approximate surface area is 206 Å². The van der Waals surface area contributed by atoms with Gasteiger partial charge in [0.15, 0.2) is 0 Å². The number of halogens is 1. The molecule has 5 nitrogen and oxygen atoms in total. The maximum Gasteiger partial charge on any atom is 0.263 e. The zero-order valence-electron chi connectivity index (χ0n) is 19.4. The van der Waals surface area contributed by atoms with E-state index in [9.17, 15) is 13.2 Å². The fourth-order valence-electron chi connectivity index (χ4n) is 4.37. The summed E-state index contributed by atoms with van der Waals surface area (Å²) in [5, 5.41) is 0.0796. The van der Waals surface area contributed by atoms with E-state index in [1.807, 2.05) is 26.0 Å². The molecule has 0 radical (unpaired) electrons. The minimum atomic E-state index is -3.97. The van der Waals surface area contributed by atoms with Gasteiger partial charge in [0.2, 0.25) is 0 Å². The van der Waals surface area contributed by atoms with Gasteiger partial charge in [0.1, 0.15) is 4.90 Å². The molecule has 3 aromatic rings. The highest BCUT2D eigenvalue weighted by molar-refractivity contribution is 7.92. The van der Waals surface area contributed by atoms with Gasteiger partial charge in [-0.2, -0.15) is 0 Å². The fourth-order valence-corrected chi connectivity index (χ4v) is 6.02. The summed E-state index contributed by atoms with van der Waals surface area (Å²) < 4.78 is 28.9. The highest BCUT2D eigenvalue weighted by atomic mass is 35.5. The molecular formula is C27H29ClN2O3S. The maximum absolute atomic E-state index is 13.2. The maximum atomic E-state index is 13.2. The molecule has 1 N–H and O–H groups in total. The molecule has 1 aliphatic rings. The summed E-state index contributed by atoms with van der Waals surface area (Å²) in [4.78, 5) is 14.9. The van der Waals surface area contributed by atoms with Crippen LogP contribution >= 0.6 is 11.6 Å². The van der Waals surface area contributed by atoms with E-state index < -0.39 is 10.0 Å². The van der Waals surface area contributed by atoms with Gasteiger partial charge in [-0.3, -0.25) is 9.52 Å². The minimum Gasteiger partial charge on any atom is -0.339 e. The Morgan fingerprint density at radius 1 is 1.00 bits per heavy atom. The third-order valence-electron chi connectivity index (χ3n) is 6.59. The first kappa shape index (κ1) is 24.3. The predicted molar refractivity (Wildman–Crippen MR) is 137 cm³/mol. The van der Waals surface area contributed by atoms with Crippen molar-refractivity contribution in [3.8, 4) is 0 Å². The number of aryl methyl sites for hydroxylation is 1. The first-order valence-corrected chi connectivity index (χ1v) is 13.3. The van der Waals surface area contributed by atoms with Gasteiger partial charge in [-0.25, -0.2) is 8.42 Å². The van der Waals surface area contributed by atoms with Gasteiger partial charge in [-0.05, 0) is 80.0 Å². The molecular weight excluding hydrogens is 468 g/mol. The van der Waals surface area contributed by atoms with Crippen LogP contribution < -0.4 is 4.72 Å². The lowest BCUT2D eigenvalue weighted by molar-refractivity contribution is 0.0690. The number of carbonyl (C=O) groups excluding carboxylic acids is 1. The Balaban J connectivity index is 1.47. The number of nitrogens with zero attached hydrogens (tertiary/aromatic N) is 1. The number of anilines is 1. The Bertz CT molecular complexity index is 1280. The molecule has 0 unspecified atom stereocenters. The molecule has 0 aliphatic carbocycles. The lowest BCUT2D eigenvalue weighted by atomic mass is 9.90. The van der Waals surface area contributed by atoms with Gasteiger partial charge < -0.3 is 4.90 Å². The van der Waals surface area contributed by atoms with Crippen molar-refractivity contribution in [3.63, 3.8) is 0 Å². The molecule has 1 saturated heterocycles. The highest BCUT2D eigenvalue weighted by Gasteiger charge is 2.26. The average molecular weight is 497 g/mol. The number of likely N-dealkylation sites (tertiary alicyclic amines) is 1. The van der Waals surface area contributed by atoms with Crippen molar-refractivity contribution in [1.82, 2.24) is 4.90 Å². The van der Waals surface area contributed by atoms with Crippen molar-refractivity contribution in [2.75, 3.05) is 17.8 Å². The van der Waals surface area contributed by atoms with Crippen LogP contribution in [0.15, 0.2) is 71.6 Å². The topological polar surface area (TPSA) is 66.5 Å². The third-order valence-corrected chi connectivity index (χ3v) is 8.43. The third kappa shape index (κ3) is 5.45. The van der Waals surface area contributed by atoms with Crippen molar-refractivity contribution in [3.05, 3.63) is 94.0 Å². The summed E-state index contributed by atoms with van der Waals surface area (Å²) in [6.45, 7) is 5.09. The van der Waals surface area contributed by atoms with E-state index in [4.69, 9.17) is 11.6 Å². The molecule has 7 heteroatoms. The minimum absolute atomic E-state index is 0.0796. The molecule has 1 heterocycles. The zero-order chi connectivity index (χ0) is 24.3. The average Bonchev–Trinajstić information content (AvgIpc) is 2.83. The Morgan fingerprint density at radius 2 is 1.71 bits per heavy atom. The van der Waals surface area contributed by atoms with Gasteiger partial charge in [0.25, 0.3) is 15.9 Å². The van der Waals surface area contributed by atoms with Crippen molar-refractivity contribution in [2.45, 2.75) is 38.0 Å². The Morgan fingerprint density at radius 3 is 2.41 bits per heavy atom. The van der Waals surface area contributed by atoms with Crippen LogP contribution in [0.4, 0.5) is 5.69 Å². The van der Waals surface area contributed by atoms with Gasteiger partial charge in [-0.1, -0.05) is 54.1 Å². The Kier molecular flexibility index (Phi) is 7.29. The second kappa shape index (κ2) is 10.2. The number of hydrogen-bond donors (Lipinski definition) is 1. The number of nitrogens with one attached hydrogen (secondary N) is 1. The zero-order valence-corrected chi connectivity index (χ0v) is 21.0. The van der Waals surface area contributed by atoms with Crippen LogP contribution in [0.2, 0.25) is 5.02 Å². The van der Waals surface area contributed by atoms with E-state index in [1.54, 1.807) is 23.1 Å². The summed E-state index contributed by atoms with van der Waals surface area (Å²) in [5.74, 6) is 0.368. The van der Waals surface area contributed by atoms with Crippen LogP contribution in [0.1, 0.15) is 39.9 Å². The molecule has 0 atom stereocenters. The SMILES string of the molecule is Cc1cccc(NS(=O)(=O)c2cc(C(=O)N3CCC(Cc4ccccc4)CC3)ccc2Cl)c1C. The predicted octanol–water partition coefficient (Wildman–Crippen LogP) is 5.85. The standard InChI is InChI=1S/C27H29ClN2O3S/c1-19-7-6-10-25(20(19)2)29-34(32,33)26-18-23(11-12-24(26)28)27(31)30-15-13-22(14-16-30)17-21-8-4-3-5-9-21/h3-12,18,22,29H,13-17H2,1-2H3. The van der Waals surface area contributed by atoms with Crippen LogP contribution in [0.3, 0.4) is 0 Å². The second-order valence-electron chi connectivity index (χ2n) is 8.92. The molecule has 0 saturated carbocycles. The largest absolute Gasteiger partial charge is 0.339 e. The summed E-state index contributed by atoms with van der Waals surface area (Å²) in [5.41, 5.74) is 3.95. The molecule has 178 valence electrons. The molecule has 1 fully saturated rings. The number of hydrogen-bond acceptors (Lipinski definition) is 3. The van der Waals surface area contributed by atoms with Crippen LogP contribution in [-0.4, -0.2) is 32.3 Å². The van der Waals surface area contributed by atoms with E-state index in [2.05, 4.69) is 29.0 Å². The monoisotopic (exact) mass is 496 g/mol. The van der Waals surface area contributed by atoms with Crippen molar-refractivity contribution in [2.24, 2.45) is 5.92 Å². The highest BCUT2D eigenvalue weighted by Crippen LogP contribution is 2.29. The van der Waals surface area contributed by atoms with Crippen molar-refractivity contribution < 1.29 is 13.2 Å². The van der Waals surface area contributed by atoms with E-state index in [0.717, 1.165) is 30.4 Å².